The molecule has 1 aromatic carbocycles. The molecule has 0 aliphatic rings. The van der Waals surface area contributed by atoms with Gasteiger partial charge < -0.3 is 5.11 Å². The first-order valence-electron chi connectivity index (χ1n) is 3.92. The summed E-state index contributed by atoms with van der Waals surface area (Å²) >= 11 is 0. The number of ketones is 1. The van der Waals surface area contributed by atoms with Gasteiger partial charge in [0.1, 0.15) is 6.61 Å². The summed E-state index contributed by atoms with van der Waals surface area (Å²) in [5.41, 5.74) is 0.784. The Bertz CT molecular complexity index is 446. The van der Waals surface area contributed by atoms with Crippen LogP contribution in [0.2, 0.25) is 0 Å². The highest BCUT2D eigenvalue weighted by atomic mass is 16.2. The molecule has 0 amide bonds. The van der Waals surface area contributed by atoms with Gasteiger partial charge in [-0.25, -0.2) is 0 Å². The lowest BCUT2D eigenvalue weighted by Gasteiger charge is -1.93. The van der Waals surface area contributed by atoms with Crippen LogP contribution >= 0.6 is 0 Å². The summed E-state index contributed by atoms with van der Waals surface area (Å²) in [6.45, 7) is -0.344. The average Bonchev–Trinajstić information content (AvgIpc) is 2.26. The molecule has 1 aromatic rings. The molecule has 68 valence electrons. The molecule has 0 aliphatic heterocycles. The third kappa shape index (κ3) is 2.45. The van der Waals surface area contributed by atoms with Gasteiger partial charge in [-0.05, 0) is 18.1 Å². The molecule has 0 saturated carbocycles. The largest absolute Gasteiger partial charge is 0.384 e. The third-order valence-electron chi connectivity index (χ3n) is 1.53. The molecule has 0 heterocycles. The molecule has 1 N–H and O–H groups in total. The first-order chi connectivity index (χ1) is 6.77. The summed E-state index contributed by atoms with van der Waals surface area (Å²) in [5, 5.41) is 17.0. The Balaban J connectivity index is 2.97. The molecule has 0 fully saturated rings. The van der Waals surface area contributed by atoms with E-state index in [4.69, 9.17) is 10.4 Å². The summed E-state index contributed by atoms with van der Waals surface area (Å²) < 4.78 is 0. The summed E-state index contributed by atoms with van der Waals surface area (Å²) in [4.78, 5) is 11.3. The van der Waals surface area contributed by atoms with Crippen molar-refractivity contribution in [3.63, 3.8) is 0 Å². The van der Waals surface area contributed by atoms with Crippen molar-refractivity contribution in [2.75, 3.05) is 6.61 Å². The van der Waals surface area contributed by atoms with E-state index in [1.54, 1.807) is 18.2 Å². The SMILES string of the molecule is N#Cc1cccc(C(=O)C#CCO)c1. The minimum atomic E-state index is -0.392. The Kier molecular flexibility index (Phi) is 3.43. The molecule has 0 spiro atoms. The van der Waals surface area contributed by atoms with E-state index in [0.29, 0.717) is 11.1 Å². The maximum Gasteiger partial charge on any atom is 0.236 e. The molecule has 0 atom stereocenters. The van der Waals surface area contributed by atoms with Gasteiger partial charge >= 0.3 is 0 Å². The first-order valence-corrected chi connectivity index (χ1v) is 3.92. The molecule has 0 bridgehead atoms. The molecule has 0 aromatic heterocycles. The van der Waals surface area contributed by atoms with E-state index in [-0.39, 0.29) is 6.61 Å². The summed E-state index contributed by atoms with van der Waals surface area (Å²) in [6, 6.07) is 8.20. The van der Waals surface area contributed by atoms with Crippen molar-refractivity contribution in [2.45, 2.75) is 0 Å². The minimum Gasteiger partial charge on any atom is -0.384 e. The maximum atomic E-state index is 11.3. The fourth-order valence-corrected chi connectivity index (χ4v) is 0.922. The highest BCUT2D eigenvalue weighted by Crippen LogP contribution is 2.04. The molecule has 0 saturated heterocycles. The Labute approximate surface area is 81.6 Å². The Morgan fingerprint density at radius 3 is 2.93 bits per heavy atom. The number of aliphatic hydroxyl groups excluding tert-OH is 1. The zero-order chi connectivity index (χ0) is 10.4. The van der Waals surface area contributed by atoms with E-state index in [1.807, 2.05) is 6.07 Å². The van der Waals surface area contributed by atoms with Gasteiger partial charge in [-0.1, -0.05) is 18.1 Å². The minimum absolute atomic E-state index is 0.344. The van der Waals surface area contributed by atoms with Crippen LogP contribution in [-0.4, -0.2) is 17.5 Å². The normalized spacial score (nSPS) is 8.29. The Hall–Kier alpha value is -2.10. The van der Waals surface area contributed by atoms with Crippen LogP contribution in [0, 0.1) is 23.2 Å². The van der Waals surface area contributed by atoms with Crippen LogP contribution in [-0.2, 0) is 0 Å². The van der Waals surface area contributed by atoms with E-state index >= 15 is 0 Å². The predicted octanol–water partition coefficient (Wildman–Crippen LogP) is 0.737. The highest BCUT2D eigenvalue weighted by molar-refractivity contribution is 6.09. The molecule has 14 heavy (non-hydrogen) atoms. The van der Waals surface area contributed by atoms with Crippen molar-refractivity contribution in [1.29, 1.82) is 5.26 Å². The van der Waals surface area contributed by atoms with Gasteiger partial charge in [0.05, 0.1) is 11.6 Å². The van der Waals surface area contributed by atoms with Crippen molar-refractivity contribution in [3.05, 3.63) is 35.4 Å². The van der Waals surface area contributed by atoms with Gasteiger partial charge in [-0.2, -0.15) is 5.26 Å². The lowest BCUT2D eigenvalue weighted by Crippen LogP contribution is -1.95. The number of benzene rings is 1. The van der Waals surface area contributed by atoms with Crippen molar-refractivity contribution in [2.24, 2.45) is 0 Å². The molecule has 3 nitrogen and oxygen atoms in total. The zero-order valence-corrected chi connectivity index (χ0v) is 7.32. The quantitative estimate of drug-likeness (QED) is 0.398. The smallest absolute Gasteiger partial charge is 0.236 e. The van der Waals surface area contributed by atoms with E-state index < -0.39 is 5.78 Å². The van der Waals surface area contributed by atoms with Crippen LogP contribution in [0.1, 0.15) is 15.9 Å². The van der Waals surface area contributed by atoms with Crippen molar-refractivity contribution in [3.8, 4) is 17.9 Å². The van der Waals surface area contributed by atoms with Gasteiger partial charge in [-0.3, -0.25) is 4.79 Å². The van der Waals surface area contributed by atoms with Crippen LogP contribution in [0.3, 0.4) is 0 Å². The second-order valence-corrected chi connectivity index (χ2v) is 2.48. The second kappa shape index (κ2) is 4.81. The van der Waals surface area contributed by atoms with Crippen LogP contribution in [0.15, 0.2) is 24.3 Å². The van der Waals surface area contributed by atoms with Gasteiger partial charge in [0.2, 0.25) is 5.78 Å². The number of rotatable bonds is 1. The van der Waals surface area contributed by atoms with Gasteiger partial charge in [0, 0.05) is 5.56 Å². The van der Waals surface area contributed by atoms with E-state index in [9.17, 15) is 4.79 Å². The highest BCUT2D eigenvalue weighted by Gasteiger charge is 2.01. The van der Waals surface area contributed by atoms with E-state index in [0.717, 1.165) is 0 Å². The van der Waals surface area contributed by atoms with Crippen molar-refractivity contribution < 1.29 is 9.90 Å². The number of nitriles is 1. The molecular weight excluding hydrogens is 178 g/mol. The van der Waals surface area contributed by atoms with Crippen LogP contribution < -0.4 is 0 Å². The fraction of sp³-hybridized carbons (Fsp3) is 0.0909. The van der Waals surface area contributed by atoms with Gasteiger partial charge in [0.15, 0.2) is 0 Å². The standard InChI is InChI=1S/C11H7NO2/c12-8-9-3-1-4-10(7-9)11(14)5-2-6-13/h1,3-4,7,13H,6H2. The Morgan fingerprint density at radius 1 is 1.50 bits per heavy atom. The number of aliphatic hydroxyl groups is 1. The average molecular weight is 185 g/mol. The number of hydrogen-bond acceptors (Lipinski definition) is 3. The fourth-order valence-electron chi connectivity index (χ4n) is 0.922. The molecule has 1 rings (SSSR count). The molecule has 3 heteroatoms. The number of carbonyl (C=O) groups excluding carboxylic acids is 1. The molecule has 0 unspecified atom stereocenters. The molecule has 0 radical (unpaired) electrons. The van der Waals surface area contributed by atoms with E-state index in [1.165, 1.54) is 6.07 Å². The second-order valence-electron chi connectivity index (χ2n) is 2.48. The van der Waals surface area contributed by atoms with Crippen molar-refractivity contribution >= 4 is 5.78 Å². The molecular formula is C11H7NO2. The predicted molar refractivity (Wildman–Crippen MR) is 50.3 cm³/mol. The lowest BCUT2D eigenvalue weighted by atomic mass is 10.1. The molecule has 0 aliphatic carbocycles. The number of carbonyl (C=O) groups is 1. The third-order valence-corrected chi connectivity index (χ3v) is 1.53. The van der Waals surface area contributed by atoms with Crippen LogP contribution in [0.5, 0.6) is 0 Å². The van der Waals surface area contributed by atoms with Crippen LogP contribution in [0.25, 0.3) is 0 Å². The monoisotopic (exact) mass is 185 g/mol. The maximum absolute atomic E-state index is 11.3. The number of Topliss-reactive ketones (excluding diaryl/α,β-unsaturated/α-hetero) is 1. The summed E-state index contributed by atoms with van der Waals surface area (Å²) in [7, 11) is 0. The Morgan fingerprint density at radius 2 is 2.29 bits per heavy atom. The van der Waals surface area contributed by atoms with E-state index in [2.05, 4.69) is 11.8 Å². The summed E-state index contributed by atoms with van der Waals surface area (Å²) in [6.07, 6.45) is 0. The zero-order valence-electron chi connectivity index (χ0n) is 7.32. The first kappa shape index (κ1) is 9.98. The topological polar surface area (TPSA) is 61.1 Å². The number of hydrogen-bond donors (Lipinski definition) is 1. The van der Waals surface area contributed by atoms with Gasteiger partial charge in [-0.15, -0.1) is 0 Å². The lowest BCUT2D eigenvalue weighted by molar-refractivity contribution is 0.105. The number of nitrogens with zero attached hydrogens (tertiary/aromatic N) is 1. The summed E-state index contributed by atoms with van der Waals surface area (Å²) in [5.74, 6) is 4.12. The van der Waals surface area contributed by atoms with Crippen LogP contribution in [0.4, 0.5) is 0 Å². The van der Waals surface area contributed by atoms with Gasteiger partial charge in [0.25, 0.3) is 0 Å². The van der Waals surface area contributed by atoms with Crippen molar-refractivity contribution in [1.82, 2.24) is 0 Å².